The van der Waals surface area contributed by atoms with Crippen molar-refractivity contribution in [3.05, 3.63) is 9.47 Å². The Hall–Kier alpha value is 0.170. The van der Waals surface area contributed by atoms with E-state index in [9.17, 15) is 4.79 Å². The van der Waals surface area contributed by atoms with E-state index in [1.165, 1.54) is 0 Å². The highest BCUT2D eigenvalue weighted by Crippen LogP contribution is 2.44. The lowest BCUT2D eigenvalue weighted by Crippen LogP contribution is -1.94. The third-order valence-corrected chi connectivity index (χ3v) is 2.58. The van der Waals surface area contributed by atoms with Crippen LogP contribution in [0.5, 0.6) is 0 Å². The van der Waals surface area contributed by atoms with E-state index in [0.717, 1.165) is 16.2 Å². The summed E-state index contributed by atoms with van der Waals surface area (Å²) >= 11 is 6.57. The molecule has 1 aliphatic carbocycles. The van der Waals surface area contributed by atoms with Crippen LogP contribution in [0.2, 0.25) is 0 Å². The predicted molar refractivity (Wildman–Crippen MR) is 54.4 cm³/mol. The zero-order valence-corrected chi connectivity index (χ0v) is 9.64. The van der Waals surface area contributed by atoms with Gasteiger partial charge in [-0.2, -0.15) is 0 Å². The lowest BCUT2D eigenvalue weighted by atomic mass is 10.2. The van der Waals surface area contributed by atoms with Gasteiger partial charge in [-0.15, -0.1) is 0 Å². The van der Waals surface area contributed by atoms with Gasteiger partial charge < -0.3 is 5.11 Å². The van der Waals surface area contributed by atoms with Crippen molar-refractivity contribution in [1.29, 1.82) is 0 Å². The molecule has 1 N–H and O–H groups in total. The second kappa shape index (κ2) is 4.42. The van der Waals surface area contributed by atoms with Crippen LogP contribution < -0.4 is 0 Å². The quantitative estimate of drug-likeness (QED) is 0.866. The predicted octanol–water partition coefficient (Wildman–Crippen LogP) is 3.12. The molecule has 0 aromatic heterocycles. The monoisotopic (exact) mass is 296 g/mol. The van der Waals surface area contributed by atoms with E-state index in [2.05, 4.69) is 37.9 Å². The van der Waals surface area contributed by atoms with Gasteiger partial charge in [0.05, 0.1) is 3.39 Å². The Bertz CT molecular complexity index is 209. The Morgan fingerprint density at radius 2 is 2.25 bits per heavy atom. The highest BCUT2D eigenvalue weighted by atomic mass is 79.9. The number of allylic oxidation sites excluding steroid dienone is 1. The zero-order valence-electron chi connectivity index (χ0n) is 6.46. The van der Waals surface area contributed by atoms with Gasteiger partial charge in [-0.1, -0.05) is 6.08 Å². The van der Waals surface area contributed by atoms with Crippen LogP contribution in [0.15, 0.2) is 9.47 Å². The normalized spacial score (nSPS) is 26.5. The molecule has 1 fully saturated rings. The van der Waals surface area contributed by atoms with E-state index in [-0.39, 0.29) is 0 Å². The van der Waals surface area contributed by atoms with Gasteiger partial charge in [0.15, 0.2) is 0 Å². The van der Waals surface area contributed by atoms with Crippen molar-refractivity contribution >= 4 is 37.8 Å². The summed E-state index contributed by atoms with van der Waals surface area (Å²) in [7, 11) is 0. The Labute approximate surface area is 88.3 Å². The molecule has 0 aromatic carbocycles. The molecule has 68 valence electrons. The van der Waals surface area contributed by atoms with E-state index in [1.54, 1.807) is 0 Å². The summed E-state index contributed by atoms with van der Waals surface area (Å²) in [6.07, 6.45) is 4.33. The van der Waals surface area contributed by atoms with Crippen LogP contribution in [0.1, 0.15) is 19.3 Å². The molecule has 0 heterocycles. The van der Waals surface area contributed by atoms with Crippen LogP contribution in [-0.4, -0.2) is 11.1 Å². The molecular formula is C8H10Br2O2. The molecule has 1 rings (SSSR count). The first kappa shape index (κ1) is 10.3. The van der Waals surface area contributed by atoms with E-state index < -0.39 is 5.97 Å². The van der Waals surface area contributed by atoms with Crippen molar-refractivity contribution in [3.8, 4) is 0 Å². The molecular weight excluding hydrogens is 288 g/mol. The Kier molecular flexibility index (Phi) is 3.77. The molecule has 2 nitrogen and oxygen atoms in total. The largest absolute Gasteiger partial charge is 0.481 e. The minimum Gasteiger partial charge on any atom is -0.481 e. The van der Waals surface area contributed by atoms with Crippen molar-refractivity contribution in [2.45, 2.75) is 19.3 Å². The fourth-order valence-corrected chi connectivity index (χ4v) is 1.96. The number of aliphatic carboxylic acids is 1. The second-order valence-electron chi connectivity index (χ2n) is 3.05. The van der Waals surface area contributed by atoms with Gasteiger partial charge in [0.25, 0.3) is 0 Å². The van der Waals surface area contributed by atoms with Crippen LogP contribution in [0, 0.1) is 11.8 Å². The first-order chi connectivity index (χ1) is 5.59. The minimum atomic E-state index is -0.692. The fraction of sp³-hybridized carbons (Fsp3) is 0.625. The number of rotatable bonds is 4. The summed E-state index contributed by atoms with van der Waals surface area (Å²) in [6, 6.07) is 0. The minimum absolute atomic E-state index is 0.301. The van der Waals surface area contributed by atoms with Crippen LogP contribution in [-0.2, 0) is 4.79 Å². The molecule has 0 amide bonds. The van der Waals surface area contributed by atoms with E-state index in [1.807, 2.05) is 0 Å². The van der Waals surface area contributed by atoms with Crippen molar-refractivity contribution in [3.63, 3.8) is 0 Å². The van der Waals surface area contributed by atoms with Gasteiger partial charge in [-0.25, -0.2) is 0 Å². The fourth-order valence-electron chi connectivity index (χ4n) is 1.28. The maximum atomic E-state index is 10.2. The maximum Gasteiger partial charge on any atom is 0.303 e. The summed E-state index contributed by atoms with van der Waals surface area (Å²) in [6.45, 7) is 0. The molecule has 0 aliphatic heterocycles. The lowest BCUT2D eigenvalue weighted by Gasteiger charge is -1.92. The van der Waals surface area contributed by atoms with Crippen LogP contribution in [0.25, 0.3) is 0 Å². The average Bonchev–Trinajstić information content (AvgIpc) is 2.62. The molecule has 1 saturated carbocycles. The Morgan fingerprint density at radius 1 is 1.58 bits per heavy atom. The number of carboxylic acids is 1. The van der Waals surface area contributed by atoms with Crippen molar-refractivity contribution in [1.82, 2.24) is 0 Å². The molecule has 0 spiro atoms. The number of halogens is 2. The highest BCUT2D eigenvalue weighted by molar-refractivity contribution is 9.28. The molecule has 12 heavy (non-hydrogen) atoms. The van der Waals surface area contributed by atoms with Gasteiger partial charge in [0.2, 0.25) is 0 Å². The van der Waals surface area contributed by atoms with Crippen molar-refractivity contribution in [2.24, 2.45) is 11.8 Å². The third-order valence-electron chi connectivity index (χ3n) is 2.05. The summed E-state index contributed by atoms with van der Waals surface area (Å²) in [5.74, 6) is 0.479. The molecule has 2 atom stereocenters. The number of hydrogen-bond donors (Lipinski definition) is 1. The summed E-state index contributed by atoms with van der Waals surface area (Å²) in [5, 5.41) is 8.42. The molecule has 4 heteroatoms. The first-order valence-electron chi connectivity index (χ1n) is 3.84. The SMILES string of the molecule is O=C(O)CC[C@H]1C[C@@H]1C=C(Br)Br. The number of hydrogen-bond acceptors (Lipinski definition) is 1. The molecule has 0 radical (unpaired) electrons. The number of carboxylic acid groups (broad SMARTS) is 1. The molecule has 0 aromatic rings. The topological polar surface area (TPSA) is 37.3 Å². The second-order valence-corrected chi connectivity index (χ2v) is 5.82. The van der Waals surface area contributed by atoms with Crippen LogP contribution in [0.4, 0.5) is 0 Å². The first-order valence-corrected chi connectivity index (χ1v) is 5.43. The smallest absolute Gasteiger partial charge is 0.303 e. The van der Waals surface area contributed by atoms with E-state index in [4.69, 9.17) is 5.11 Å². The summed E-state index contributed by atoms with van der Waals surface area (Å²) in [4.78, 5) is 10.2. The van der Waals surface area contributed by atoms with Gasteiger partial charge >= 0.3 is 5.97 Å². The van der Waals surface area contributed by atoms with Gasteiger partial charge in [-0.05, 0) is 56.5 Å². The van der Waals surface area contributed by atoms with Crippen molar-refractivity contribution < 1.29 is 9.90 Å². The standard InChI is InChI=1S/C8H10Br2O2/c9-7(10)4-6-3-5(6)1-2-8(11)12/h4-6H,1-3H2,(H,11,12)/t5-,6+/m0/s1. The van der Waals surface area contributed by atoms with Gasteiger partial charge in [-0.3, -0.25) is 4.79 Å². The molecule has 0 saturated heterocycles. The summed E-state index contributed by atoms with van der Waals surface area (Å²) < 4.78 is 0.970. The molecule has 1 aliphatic rings. The van der Waals surface area contributed by atoms with Crippen molar-refractivity contribution in [2.75, 3.05) is 0 Å². The third kappa shape index (κ3) is 3.72. The Balaban J connectivity index is 2.16. The van der Waals surface area contributed by atoms with Crippen LogP contribution in [0.3, 0.4) is 0 Å². The van der Waals surface area contributed by atoms with Gasteiger partial charge in [0.1, 0.15) is 0 Å². The maximum absolute atomic E-state index is 10.2. The van der Waals surface area contributed by atoms with Crippen LogP contribution >= 0.6 is 31.9 Å². The average molecular weight is 298 g/mol. The zero-order chi connectivity index (χ0) is 9.14. The lowest BCUT2D eigenvalue weighted by molar-refractivity contribution is -0.137. The van der Waals surface area contributed by atoms with E-state index in [0.29, 0.717) is 18.3 Å². The van der Waals surface area contributed by atoms with Gasteiger partial charge in [0, 0.05) is 6.42 Å². The summed E-state index contributed by atoms with van der Waals surface area (Å²) in [5.41, 5.74) is 0. The molecule has 0 unspecified atom stereocenters. The highest BCUT2D eigenvalue weighted by Gasteiger charge is 2.34. The molecule has 0 bridgehead atoms. The number of carbonyl (C=O) groups is 1. The Morgan fingerprint density at radius 3 is 2.75 bits per heavy atom. The van der Waals surface area contributed by atoms with E-state index >= 15 is 0 Å².